The summed E-state index contributed by atoms with van der Waals surface area (Å²) in [5.74, 6) is -1.46. The third kappa shape index (κ3) is 47.0. The van der Waals surface area contributed by atoms with Crippen LogP contribution in [-0.2, 0) is 42.2 Å². The van der Waals surface area contributed by atoms with Crippen LogP contribution in [0, 0.1) is 0 Å². The molecule has 0 aromatic carbocycles. The van der Waals surface area contributed by atoms with Gasteiger partial charge in [-0.1, -0.05) is 225 Å². The molecule has 0 heterocycles. The average molecular weight is 957 g/mol. The van der Waals surface area contributed by atoms with Gasteiger partial charge in [-0.15, -0.1) is 0 Å². The van der Waals surface area contributed by atoms with E-state index in [0.717, 1.165) is 83.5 Å². The van der Waals surface area contributed by atoms with Crippen LogP contribution in [0.15, 0.2) is 24.3 Å². The number of carbonyl (C=O) groups excluding carboxylic acids is 3. The molecule has 0 rings (SSSR count). The summed E-state index contributed by atoms with van der Waals surface area (Å²) in [6, 6.07) is 0. The third-order valence-corrected chi connectivity index (χ3v) is 12.8. The number of hydrogen-bond donors (Lipinski definition) is 2. The van der Waals surface area contributed by atoms with Gasteiger partial charge in [0, 0.05) is 19.3 Å². The molecular formula is C54H101O11P. The van der Waals surface area contributed by atoms with Gasteiger partial charge in [0.25, 0.3) is 0 Å². The van der Waals surface area contributed by atoms with Crippen LogP contribution in [0.25, 0.3) is 0 Å². The summed E-state index contributed by atoms with van der Waals surface area (Å²) < 4.78 is 39.4. The van der Waals surface area contributed by atoms with Crippen molar-refractivity contribution in [2.75, 3.05) is 26.4 Å². The minimum atomic E-state index is -4.74. The molecule has 0 spiro atoms. The molecule has 11 nitrogen and oxygen atoms in total. The number of carbonyl (C=O) groups is 3. The summed E-state index contributed by atoms with van der Waals surface area (Å²) in [5.41, 5.74) is 0. The van der Waals surface area contributed by atoms with E-state index in [1.165, 1.54) is 122 Å². The maximum absolute atomic E-state index is 12.8. The van der Waals surface area contributed by atoms with E-state index in [1.807, 2.05) is 0 Å². The second-order valence-electron chi connectivity index (χ2n) is 18.4. The monoisotopic (exact) mass is 957 g/mol. The van der Waals surface area contributed by atoms with E-state index < -0.39 is 57.8 Å². The second kappa shape index (κ2) is 49.4. The van der Waals surface area contributed by atoms with Crippen molar-refractivity contribution in [1.82, 2.24) is 0 Å². The van der Waals surface area contributed by atoms with Crippen molar-refractivity contribution < 1.29 is 52.2 Å². The lowest BCUT2D eigenvalue weighted by atomic mass is 10.0. The van der Waals surface area contributed by atoms with Gasteiger partial charge in [0.15, 0.2) is 6.10 Å². The molecule has 0 saturated heterocycles. The van der Waals surface area contributed by atoms with Crippen molar-refractivity contribution in [2.24, 2.45) is 0 Å². The molecule has 0 aliphatic carbocycles. The van der Waals surface area contributed by atoms with Crippen molar-refractivity contribution in [1.29, 1.82) is 0 Å². The minimum Gasteiger partial charge on any atom is -0.462 e. The molecule has 0 saturated carbocycles. The number of phosphoric acid groups is 1. The standard InChI is InChI=1S/C54H101O11P/c1-4-7-10-13-16-19-22-25-28-31-34-37-40-43-52(56)61-47-51(65-54(58)45-42-39-36-33-30-27-24-21-18-15-12-9-6-3)49-63-66(59,60)62-48-50(46-55)64-53(57)44-41-38-35-32-29-26-23-20-17-14-11-8-5-2/h12,15,21,24,50-51,55H,4-11,13-14,16-20,22-23,25-49H2,1-3H3,(H,59,60)/b15-12-,24-21-. The molecule has 0 aromatic rings. The SMILES string of the molecule is CCC/C=C\C/C=C\CCCCCCCC(=O)OC(COC(=O)CCCCCCCCCCCCCCC)COP(=O)(O)OCC(CO)OC(=O)CCCCCCCCCCCCCCC. The Labute approximate surface area is 404 Å². The van der Waals surface area contributed by atoms with E-state index in [9.17, 15) is 28.9 Å². The number of aliphatic hydroxyl groups is 1. The lowest BCUT2D eigenvalue weighted by Crippen LogP contribution is -2.30. The van der Waals surface area contributed by atoms with Gasteiger partial charge in [-0.3, -0.25) is 23.4 Å². The van der Waals surface area contributed by atoms with Crippen molar-refractivity contribution in [2.45, 2.75) is 277 Å². The zero-order valence-corrected chi connectivity index (χ0v) is 43.6. The van der Waals surface area contributed by atoms with Crippen LogP contribution in [0.3, 0.4) is 0 Å². The second-order valence-corrected chi connectivity index (χ2v) is 19.9. The molecule has 0 aliphatic rings. The third-order valence-electron chi connectivity index (χ3n) is 11.9. The Balaban J connectivity index is 4.70. The average Bonchev–Trinajstić information content (AvgIpc) is 3.30. The molecule has 0 bridgehead atoms. The van der Waals surface area contributed by atoms with Crippen LogP contribution >= 0.6 is 7.82 Å². The first-order valence-electron chi connectivity index (χ1n) is 27.2. The number of rotatable bonds is 51. The highest BCUT2D eigenvalue weighted by Crippen LogP contribution is 2.43. The highest BCUT2D eigenvalue weighted by atomic mass is 31.2. The van der Waals surface area contributed by atoms with Crippen LogP contribution in [0.5, 0.6) is 0 Å². The molecule has 0 aliphatic heterocycles. The van der Waals surface area contributed by atoms with Crippen molar-refractivity contribution in [3.63, 3.8) is 0 Å². The Kier molecular flexibility index (Phi) is 47.9. The Hall–Kier alpha value is -2.04. The van der Waals surface area contributed by atoms with Crippen LogP contribution < -0.4 is 0 Å². The molecule has 0 aromatic heterocycles. The van der Waals surface area contributed by atoms with Gasteiger partial charge in [-0.2, -0.15) is 0 Å². The van der Waals surface area contributed by atoms with E-state index in [-0.39, 0.29) is 25.9 Å². The fourth-order valence-corrected chi connectivity index (χ4v) is 8.47. The van der Waals surface area contributed by atoms with Gasteiger partial charge >= 0.3 is 25.7 Å². The van der Waals surface area contributed by atoms with Crippen LogP contribution in [-0.4, -0.2) is 66.5 Å². The number of allylic oxidation sites excluding steroid dienone is 4. The largest absolute Gasteiger partial charge is 0.472 e. The Bertz CT molecular complexity index is 1210. The highest BCUT2D eigenvalue weighted by Gasteiger charge is 2.28. The molecule has 388 valence electrons. The van der Waals surface area contributed by atoms with Crippen molar-refractivity contribution >= 4 is 25.7 Å². The number of esters is 3. The Morgan fingerprint density at radius 2 is 0.773 bits per heavy atom. The highest BCUT2D eigenvalue weighted by molar-refractivity contribution is 7.47. The molecule has 2 N–H and O–H groups in total. The van der Waals surface area contributed by atoms with Crippen LogP contribution in [0.2, 0.25) is 0 Å². The topological polar surface area (TPSA) is 155 Å². The molecule has 12 heteroatoms. The van der Waals surface area contributed by atoms with E-state index in [4.69, 9.17) is 23.3 Å². The first-order valence-corrected chi connectivity index (χ1v) is 28.7. The molecule has 0 fully saturated rings. The van der Waals surface area contributed by atoms with Gasteiger partial charge in [-0.05, 0) is 44.9 Å². The summed E-state index contributed by atoms with van der Waals surface area (Å²) in [6.45, 7) is 4.59. The lowest BCUT2D eigenvalue weighted by molar-refractivity contribution is -0.161. The Morgan fingerprint density at radius 3 is 1.18 bits per heavy atom. The maximum Gasteiger partial charge on any atom is 0.472 e. The van der Waals surface area contributed by atoms with Gasteiger partial charge < -0.3 is 24.2 Å². The predicted octanol–water partition coefficient (Wildman–Crippen LogP) is 15.5. The van der Waals surface area contributed by atoms with Crippen molar-refractivity contribution in [3.05, 3.63) is 24.3 Å². The normalized spacial score (nSPS) is 13.6. The molecular weight excluding hydrogens is 856 g/mol. The van der Waals surface area contributed by atoms with Crippen LogP contribution in [0.4, 0.5) is 0 Å². The van der Waals surface area contributed by atoms with Crippen LogP contribution in [0.1, 0.15) is 265 Å². The molecule has 0 amide bonds. The zero-order valence-electron chi connectivity index (χ0n) is 42.7. The number of hydrogen-bond acceptors (Lipinski definition) is 10. The minimum absolute atomic E-state index is 0.156. The summed E-state index contributed by atoms with van der Waals surface area (Å²) in [5, 5.41) is 9.78. The van der Waals surface area contributed by atoms with Gasteiger partial charge in [0.2, 0.25) is 0 Å². The molecule has 3 unspecified atom stereocenters. The fourth-order valence-electron chi connectivity index (χ4n) is 7.69. The summed E-state index contributed by atoms with van der Waals surface area (Å²) >= 11 is 0. The van der Waals surface area contributed by atoms with Gasteiger partial charge in [0.1, 0.15) is 12.7 Å². The summed E-state index contributed by atoms with van der Waals surface area (Å²) in [4.78, 5) is 48.3. The van der Waals surface area contributed by atoms with Gasteiger partial charge in [0.05, 0.1) is 19.8 Å². The van der Waals surface area contributed by atoms with E-state index in [1.54, 1.807) is 0 Å². The zero-order chi connectivity index (χ0) is 48.4. The predicted molar refractivity (Wildman–Crippen MR) is 270 cm³/mol. The number of aliphatic hydroxyl groups excluding tert-OH is 1. The van der Waals surface area contributed by atoms with E-state index in [2.05, 4.69) is 45.1 Å². The smallest absolute Gasteiger partial charge is 0.462 e. The summed E-state index contributed by atoms with van der Waals surface area (Å²) in [6.07, 6.45) is 47.1. The first kappa shape index (κ1) is 64.0. The quantitative estimate of drug-likeness (QED) is 0.0197. The molecule has 0 radical (unpaired) electrons. The molecule has 3 atom stereocenters. The van der Waals surface area contributed by atoms with E-state index >= 15 is 0 Å². The number of phosphoric ester groups is 1. The van der Waals surface area contributed by atoms with Crippen molar-refractivity contribution in [3.8, 4) is 0 Å². The lowest BCUT2D eigenvalue weighted by Gasteiger charge is -2.21. The maximum atomic E-state index is 12.8. The van der Waals surface area contributed by atoms with Gasteiger partial charge in [-0.25, -0.2) is 4.57 Å². The molecule has 66 heavy (non-hydrogen) atoms. The van der Waals surface area contributed by atoms with E-state index in [0.29, 0.717) is 19.3 Å². The first-order chi connectivity index (χ1) is 32.2. The fraction of sp³-hybridized carbons (Fsp3) is 0.870. The summed E-state index contributed by atoms with van der Waals surface area (Å²) in [7, 11) is -4.74. The number of unbranched alkanes of at least 4 members (excludes halogenated alkanes) is 30. The number of ether oxygens (including phenoxy) is 3. The Morgan fingerprint density at radius 1 is 0.424 bits per heavy atom.